The van der Waals surface area contributed by atoms with Crippen LogP contribution < -0.4 is 9.64 Å². The van der Waals surface area contributed by atoms with Gasteiger partial charge in [0, 0.05) is 12.6 Å². The maximum absolute atomic E-state index is 12.2. The zero-order valence-corrected chi connectivity index (χ0v) is 10.4. The average Bonchev–Trinajstić information content (AvgIpc) is 2.53. The van der Waals surface area contributed by atoms with Crippen LogP contribution in [0.3, 0.4) is 0 Å². The van der Waals surface area contributed by atoms with E-state index in [9.17, 15) is 9.59 Å². The number of Topliss-reactive ketones (excluding diaryl/α,β-unsaturated/α-hetero) is 1. The molecule has 4 heteroatoms. The van der Waals surface area contributed by atoms with Crippen LogP contribution in [-0.4, -0.2) is 25.8 Å². The van der Waals surface area contributed by atoms with Crippen molar-refractivity contribution in [1.82, 2.24) is 0 Å². The third-order valence-corrected chi connectivity index (χ3v) is 3.53. The van der Waals surface area contributed by atoms with Crippen LogP contribution in [0.5, 0.6) is 5.75 Å². The summed E-state index contributed by atoms with van der Waals surface area (Å²) in [4.78, 5) is 25.5. The fraction of sp³-hybridized carbons (Fsp3) is 0.385. The van der Waals surface area contributed by atoms with Gasteiger partial charge in [-0.15, -0.1) is 0 Å². The van der Waals surface area contributed by atoms with Crippen LogP contribution in [0.15, 0.2) is 18.2 Å². The van der Waals surface area contributed by atoms with Crippen molar-refractivity contribution in [3.8, 4) is 5.75 Å². The number of anilines is 1. The molecule has 1 atom stereocenters. The molecule has 1 unspecified atom stereocenters. The SMILES string of the molecule is COc1cccc2c1N(C)C(=O)C2(C)C(C)=O. The number of likely N-dealkylation sites (N-methyl/N-ethyl adjacent to an activating group) is 1. The van der Waals surface area contributed by atoms with Gasteiger partial charge in [-0.05, 0) is 19.9 Å². The highest BCUT2D eigenvalue weighted by Gasteiger charge is 2.50. The Bertz CT molecular complexity index is 509. The first kappa shape index (κ1) is 11.6. The van der Waals surface area contributed by atoms with Gasteiger partial charge in [-0.1, -0.05) is 12.1 Å². The smallest absolute Gasteiger partial charge is 0.244 e. The first-order chi connectivity index (χ1) is 7.94. The lowest BCUT2D eigenvalue weighted by Gasteiger charge is -2.19. The Morgan fingerprint density at radius 3 is 2.59 bits per heavy atom. The third-order valence-electron chi connectivity index (χ3n) is 3.53. The van der Waals surface area contributed by atoms with Crippen LogP contribution in [0, 0.1) is 0 Å². The number of amides is 1. The van der Waals surface area contributed by atoms with E-state index in [-0.39, 0.29) is 11.7 Å². The Labute approximate surface area is 100 Å². The molecule has 0 fully saturated rings. The molecule has 4 nitrogen and oxygen atoms in total. The lowest BCUT2D eigenvalue weighted by atomic mass is 9.80. The monoisotopic (exact) mass is 233 g/mol. The molecular formula is C13H15NO3. The van der Waals surface area contributed by atoms with E-state index in [0.717, 1.165) is 5.56 Å². The van der Waals surface area contributed by atoms with Crippen LogP contribution in [0.1, 0.15) is 19.4 Å². The van der Waals surface area contributed by atoms with E-state index in [2.05, 4.69) is 0 Å². The molecule has 1 aromatic carbocycles. The van der Waals surface area contributed by atoms with Crippen molar-refractivity contribution in [2.45, 2.75) is 19.3 Å². The number of para-hydroxylation sites is 1. The van der Waals surface area contributed by atoms with Crippen molar-refractivity contribution in [3.05, 3.63) is 23.8 Å². The number of ether oxygens (including phenoxy) is 1. The lowest BCUT2D eigenvalue weighted by molar-refractivity contribution is -0.132. The molecular weight excluding hydrogens is 218 g/mol. The number of ketones is 1. The molecule has 1 amide bonds. The second-order valence-electron chi connectivity index (χ2n) is 4.40. The molecule has 0 saturated carbocycles. The van der Waals surface area contributed by atoms with Gasteiger partial charge in [-0.25, -0.2) is 0 Å². The van der Waals surface area contributed by atoms with Crippen LogP contribution in [0.2, 0.25) is 0 Å². The Hall–Kier alpha value is -1.84. The number of carbonyl (C=O) groups is 2. The Kier molecular flexibility index (Phi) is 2.45. The largest absolute Gasteiger partial charge is 0.495 e. The third kappa shape index (κ3) is 1.30. The van der Waals surface area contributed by atoms with Gasteiger partial charge in [0.1, 0.15) is 16.9 Å². The molecule has 0 N–H and O–H groups in total. The molecule has 0 aromatic heterocycles. The van der Waals surface area contributed by atoms with Crippen LogP contribution in [0.25, 0.3) is 0 Å². The van der Waals surface area contributed by atoms with Crippen molar-refractivity contribution < 1.29 is 14.3 Å². The van der Waals surface area contributed by atoms with E-state index in [1.165, 1.54) is 11.8 Å². The number of methoxy groups -OCH3 is 1. The number of benzene rings is 1. The molecule has 90 valence electrons. The molecule has 1 heterocycles. The van der Waals surface area contributed by atoms with E-state index in [4.69, 9.17) is 4.74 Å². The molecule has 2 rings (SSSR count). The van der Waals surface area contributed by atoms with Crippen molar-refractivity contribution in [2.24, 2.45) is 0 Å². The van der Waals surface area contributed by atoms with Gasteiger partial charge >= 0.3 is 0 Å². The Balaban J connectivity index is 2.75. The highest BCUT2D eigenvalue weighted by atomic mass is 16.5. The van der Waals surface area contributed by atoms with Gasteiger partial charge in [0.25, 0.3) is 0 Å². The topological polar surface area (TPSA) is 46.6 Å². The van der Waals surface area contributed by atoms with Crippen molar-refractivity contribution in [1.29, 1.82) is 0 Å². The van der Waals surface area contributed by atoms with Crippen molar-refractivity contribution in [3.63, 3.8) is 0 Å². The van der Waals surface area contributed by atoms with Gasteiger partial charge in [0.2, 0.25) is 5.91 Å². The maximum atomic E-state index is 12.2. The predicted octanol–water partition coefficient (Wildman–Crippen LogP) is 1.52. The van der Waals surface area contributed by atoms with E-state index in [1.807, 2.05) is 0 Å². The summed E-state index contributed by atoms with van der Waals surface area (Å²) in [7, 11) is 3.22. The minimum Gasteiger partial charge on any atom is -0.495 e. The normalized spacial score (nSPS) is 22.6. The molecule has 0 radical (unpaired) electrons. The van der Waals surface area contributed by atoms with Crippen LogP contribution >= 0.6 is 0 Å². The molecule has 0 spiro atoms. The number of hydrogen-bond acceptors (Lipinski definition) is 3. The number of carbonyl (C=O) groups excluding carboxylic acids is 2. The standard InChI is InChI=1S/C13H15NO3/c1-8(15)13(2)9-6-5-7-10(17-4)11(9)14(3)12(13)16/h5-7H,1-4H3. The summed E-state index contributed by atoms with van der Waals surface area (Å²) in [5.41, 5.74) is 0.327. The fourth-order valence-corrected chi connectivity index (χ4v) is 2.33. The molecule has 1 aliphatic heterocycles. The summed E-state index contributed by atoms with van der Waals surface area (Å²) < 4.78 is 5.24. The average molecular weight is 233 g/mol. The second-order valence-corrected chi connectivity index (χ2v) is 4.40. The lowest BCUT2D eigenvalue weighted by Crippen LogP contribution is -2.41. The zero-order valence-electron chi connectivity index (χ0n) is 10.4. The molecule has 1 aromatic rings. The van der Waals surface area contributed by atoms with Gasteiger partial charge in [-0.2, -0.15) is 0 Å². The summed E-state index contributed by atoms with van der Waals surface area (Å²) in [6, 6.07) is 5.39. The van der Waals surface area contributed by atoms with Crippen LogP contribution in [-0.2, 0) is 15.0 Å². The summed E-state index contributed by atoms with van der Waals surface area (Å²) in [5, 5.41) is 0. The molecule has 0 bridgehead atoms. The number of nitrogens with zero attached hydrogens (tertiary/aromatic N) is 1. The highest BCUT2D eigenvalue weighted by molar-refractivity contribution is 6.21. The Morgan fingerprint density at radius 1 is 1.41 bits per heavy atom. The minimum atomic E-state index is -1.08. The first-order valence-corrected chi connectivity index (χ1v) is 5.41. The van der Waals surface area contributed by atoms with E-state index in [0.29, 0.717) is 11.4 Å². The summed E-state index contributed by atoms with van der Waals surface area (Å²) >= 11 is 0. The predicted molar refractivity (Wildman–Crippen MR) is 64.4 cm³/mol. The van der Waals surface area contributed by atoms with Crippen LogP contribution in [0.4, 0.5) is 5.69 Å². The minimum absolute atomic E-state index is 0.152. The van der Waals surface area contributed by atoms with E-state index < -0.39 is 5.41 Å². The van der Waals surface area contributed by atoms with E-state index in [1.54, 1.807) is 39.3 Å². The Morgan fingerprint density at radius 2 is 2.06 bits per heavy atom. The first-order valence-electron chi connectivity index (χ1n) is 5.41. The number of rotatable bonds is 2. The summed E-state index contributed by atoms with van der Waals surface area (Å²) in [6.07, 6.45) is 0. The molecule has 17 heavy (non-hydrogen) atoms. The second kappa shape index (κ2) is 3.58. The number of hydrogen-bond donors (Lipinski definition) is 0. The fourth-order valence-electron chi connectivity index (χ4n) is 2.33. The molecule has 0 aliphatic carbocycles. The van der Waals surface area contributed by atoms with Crippen molar-refractivity contribution in [2.75, 3.05) is 19.1 Å². The maximum Gasteiger partial charge on any atom is 0.244 e. The molecule has 1 aliphatic rings. The molecule has 0 saturated heterocycles. The van der Waals surface area contributed by atoms with Gasteiger partial charge in [-0.3, -0.25) is 9.59 Å². The summed E-state index contributed by atoms with van der Waals surface area (Å²) in [5.74, 6) is 0.258. The van der Waals surface area contributed by atoms with Crippen molar-refractivity contribution >= 4 is 17.4 Å². The zero-order chi connectivity index (χ0) is 12.8. The summed E-state index contributed by atoms with van der Waals surface area (Å²) in [6.45, 7) is 3.11. The van der Waals surface area contributed by atoms with Gasteiger partial charge < -0.3 is 9.64 Å². The quantitative estimate of drug-likeness (QED) is 0.727. The van der Waals surface area contributed by atoms with E-state index >= 15 is 0 Å². The number of fused-ring (bicyclic) bond motifs is 1. The van der Waals surface area contributed by atoms with Gasteiger partial charge in [0.05, 0.1) is 12.8 Å². The highest BCUT2D eigenvalue weighted by Crippen LogP contribution is 2.46. The van der Waals surface area contributed by atoms with Gasteiger partial charge in [0.15, 0.2) is 0 Å².